The van der Waals surface area contributed by atoms with Crippen LogP contribution in [-0.2, 0) is 16.1 Å². The van der Waals surface area contributed by atoms with Gasteiger partial charge in [0.15, 0.2) is 0 Å². The molecule has 2 aromatic rings. The van der Waals surface area contributed by atoms with Gasteiger partial charge in [-0.25, -0.2) is 0 Å². The SMILES string of the molecule is Cc1cc(C)n(CCC(=O)NCC(=O)Nc2cccc(C)c2C)n1. The van der Waals surface area contributed by atoms with E-state index in [1.165, 1.54) is 0 Å². The number of carbonyl (C=O) groups is 2. The lowest BCUT2D eigenvalue weighted by atomic mass is 10.1. The minimum absolute atomic E-state index is 0.0384. The summed E-state index contributed by atoms with van der Waals surface area (Å²) in [5.74, 6) is -0.401. The fourth-order valence-corrected chi connectivity index (χ4v) is 2.46. The third-order valence-electron chi connectivity index (χ3n) is 3.98. The first-order valence-electron chi connectivity index (χ1n) is 8.00. The van der Waals surface area contributed by atoms with Crippen LogP contribution in [0.15, 0.2) is 24.3 Å². The molecule has 0 aliphatic carbocycles. The van der Waals surface area contributed by atoms with Gasteiger partial charge in [0.1, 0.15) is 0 Å². The number of hydrogen-bond donors (Lipinski definition) is 2. The molecule has 0 radical (unpaired) electrons. The normalized spacial score (nSPS) is 10.5. The summed E-state index contributed by atoms with van der Waals surface area (Å²) in [5.41, 5.74) is 4.87. The van der Waals surface area contributed by atoms with E-state index in [1.54, 1.807) is 4.68 Å². The molecule has 6 nitrogen and oxygen atoms in total. The monoisotopic (exact) mass is 328 g/mol. The first kappa shape index (κ1) is 17.7. The van der Waals surface area contributed by atoms with Crippen molar-refractivity contribution in [3.63, 3.8) is 0 Å². The number of aromatic nitrogens is 2. The molecular formula is C18H24N4O2. The van der Waals surface area contributed by atoms with Gasteiger partial charge in [-0.2, -0.15) is 5.10 Å². The van der Waals surface area contributed by atoms with Crippen molar-refractivity contribution in [2.24, 2.45) is 0 Å². The number of nitrogens with one attached hydrogen (secondary N) is 2. The van der Waals surface area contributed by atoms with Crippen LogP contribution >= 0.6 is 0 Å². The summed E-state index contributed by atoms with van der Waals surface area (Å²) >= 11 is 0. The van der Waals surface area contributed by atoms with Crippen LogP contribution in [0.25, 0.3) is 0 Å². The zero-order valence-electron chi connectivity index (χ0n) is 14.6. The van der Waals surface area contributed by atoms with E-state index in [1.807, 2.05) is 52.0 Å². The number of hydrogen-bond acceptors (Lipinski definition) is 3. The van der Waals surface area contributed by atoms with Crippen LogP contribution in [0.2, 0.25) is 0 Å². The fraction of sp³-hybridized carbons (Fsp3) is 0.389. The van der Waals surface area contributed by atoms with Crippen LogP contribution in [0.3, 0.4) is 0 Å². The highest BCUT2D eigenvalue weighted by atomic mass is 16.2. The van der Waals surface area contributed by atoms with Gasteiger partial charge in [0.05, 0.1) is 12.2 Å². The first-order chi connectivity index (χ1) is 11.4. The minimum atomic E-state index is -0.233. The van der Waals surface area contributed by atoms with Crippen LogP contribution in [0.1, 0.15) is 28.9 Å². The van der Waals surface area contributed by atoms with Crippen molar-refractivity contribution < 1.29 is 9.59 Å². The van der Waals surface area contributed by atoms with Gasteiger partial charge in [-0.05, 0) is 51.0 Å². The molecule has 1 heterocycles. The summed E-state index contributed by atoms with van der Waals surface area (Å²) in [7, 11) is 0. The highest BCUT2D eigenvalue weighted by Crippen LogP contribution is 2.17. The number of amides is 2. The van der Waals surface area contributed by atoms with Crippen molar-refractivity contribution in [3.8, 4) is 0 Å². The number of benzene rings is 1. The molecule has 0 aliphatic heterocycles. The van der Waals surface area contributed by atoms with E-state index < -0.39 is 0 Å². The second-order valence-electron chi connectivity index (χ2n) is 5.97. The van der Waals surface area contributed by atoms with Crippen molar-refractivity contribution in [1.82, 2.24) is 15.1 Å². The van der Waals surface area contributed by atoms with Crippen LogP contribution < -0.4 is 10.6 Å². The number of carbonyl (C=O) groups excluding carboxylic acids is 2. The molecule has 128 valence electrons. The molecule has 24 heavy (non-hydrogen) atoms. The number of aryl methyl sites for hydroxylation is 4. The number of rotatable bonds is 6. The lowest BCUT2D eigenvalue weighted by molar-refractivity contribution is -0.124. The molecule has 0 saturated heterocycles. The lowest BCUT2D eigenvalue weighted by Gasteiger charge is -2.11. The lowest BCUT2D eigenvalue weighted by Crippen LogP contribution is -2.33. The maximum Gasteiger partial charge on any atom is 0.243 e. The molecule has 2 amide bonds. The van der Waals surface area contributed by atoms with Gasteiger partial charge >= 0.3 is 0 Å². The zero-order chi connectivity index (χ0) is 17.7. The average molecular weight is 328 g/mol. The number of anilines is 1. The molecule has 0 aliphatic rings. The molecule has 6 heteroatoms. The van der Waals surface area contributed by atoms with Crippen LogP contribution in [-0.4, -0.2) is 28.1 Å². The minimum Gasteiger partial charge on any atom is -0.347 e. The summed E-state index contributed by atoms with van der Waals surface area (Å²) in [6.45, 7) is 8.29. The Morgan fingerprint density at radius 1 is 1.12 bits per heavy atom. The average Bonchev–Trinajstić information content (AvgIpc) is 2.85. The molecule has 0 fully saturated rings. The predicted octanol–water partition coefficient (Wildman–Crippen LogP) is 2.26. The molecule has 0 atom stereocenters. The van der Waals surface area contributed by atoms with Crippen molar-refractivity contribution in [1.29, 1.82) is 0 Å². The molecule has 1 aromatic carbocycles. The molecule has 0 spiro atoms. The van der Waals surface area contributed by atoms with E-state index in [-0.39, 0.29) is 18.4 Å². The molecule has 1 aromatic heterocycles. The number of nitrogens with zero attached hydrogens (tertiary/aromatic N) is 2. The summed E-state index contributed by atoms with van der Waals surface area (Å²) in [4.78, 5) is 23.8. The fourth-order valence-electron chi connectivity index (χ4n) is 2.46. The largest absolute Gasteiger partial charge is 0.347 e. The quantitative estimate of drug-likeness (QED) is 0.854. The molecular weight excluding hydrogens is 304 g/mol. The Kier molecular flexibility index (Phi) is 5.73. The van der Waals surface area contributed by atoms with Crippen molar-refractivity contribution >= 4 is 17.5 Å². The maximum atomic E-state index is 12.0. The summed E-state index contributed by atoms with van der Waals surface area (Å²) in [6.07, 6.45) is 0.290. The standard InChI is InChI=1S/C18H24N4O2/c1-12-6-5-7-16(15(12)4)20-18(24)11-19-17(23)8-9-22-14(3)10-13(2)21-22/h5-7,10H,8-9,11H2,1-4H3,(H,19,23)(H,20,24). The van der Waals surface area contributed by atoms with Gasteiger partial charge in [-0.3, -0.25) is 14.3 Å². The smallest absolute Gasteiger partial charge is 0.243 e. The Labute approximate surface area is 142 Å². The van der Waals surface area contributed by atoms with E-state index >= 15 is 0 Å². The summed E-state index contributed by atoms with van der Waals surface area (Å²) in [5, 5.41) is 9.77. The summed E-state index contributed by atoms with van der Waals surface area (Å²) in [6, 6.07) is 7.71. The highest BCUT2D eigenvalue weighted by Gasteiger charge is 2.09. The Morgan fingerprint density at radius 3 is 2.54 bits per heavy atom. The van der Waals surface area contributed by atoms with Crippen LogP contribution in [0.5, 0.6) is 0 Å². The van der Waals surface area contributed by atoms with E-state index in [0.29, 0.717) is 13.0 Å². The third kappa shape index (κ3) is 4.68. The van der Waals surface area contributed by atoms with E-state index in [4.69, 9.17) is 0 Å². The second-order valence-corrected chi connectivity index (χ2v) is 5.97. The molecule has 0 saturated carbocycles. The van der Waals surface area contributed by atoms with Crippen molar-refractivity contribution in [2.45, 2.75) is 40.7 Å². The first-order valence-corrected chi connectivity index (χ1v) is 8.00. The zero-order valence-corrected chi connectivity index (χ0v) is 14.6. The van der Waals surface area contributed by atoms with Crippen molar-refractivity contribution in [2.75, 3.05) is 11.9 Å². The Balaban J connectivity index is 1.78. The molecule has 2 rings (SSSR count). The Morgan fingerprint density at radius 2 is 1.88 bits per heavy atom. The van der Waals surface area contributed by atoms with Gasteiger partial charge in [0.2, 0.25) is 11.8 Å². The maximum absolute atomic E-state index is 12.0. The van der Waals surface area contributed by atoms with E-state index in [0.717, 1.165) is 28.2 Å². The Hall–Kier alpha value is -2.63. The van der Waals surface area contributed by atoms with Gasteiger partial charge < -0.3 is 10.6 Å². The molecule has 0 unspecified atom stereocenters. The predicted molar refractivity (Wildman–Crippen MR) is 93.9 cm³/mol. The second kappa shape index (κ2) is 7.77. The van der Waals surface area contributed by atoms with Crippen molar-refractivity contribution in [3.05, 3.63) is 46.8 Å². The van der Waals surface area contributed by atoms with Gasteiger partial charge in [-0.1, -0.05) is 12.1 Å². The highest BCUT2D eigenvalue weighted by molar-refractivity contribution is 5.95. The Bertz CT molecular complexity index is 749. The van der Waals surface area contributed by atoms with E-state index in [2.05, 4.69) is 15.7 Å². The summed E-state index contributed by atoms with van der Waals surface area (Å²) < 4.78 is 1.80. The van der Waals surface area contributed by atoms with Gasteiger partial charge in [0.25, 0.3) is 0 Å². The third-order valence-corrected chi connectivity index (χ3v) is 3.98. The van der Waals surface area contributed by atoms with Gasteiger partial charge in [0, 0.05) is 24.3 Å². The molecule has 2 N–H and O–H groups in total. The van der Waals surface area contributed by atoms with Crippen LogP contribution in [0, 0.1) is 27.7 Å². The topological polar surface area (TPSA) is 76.0 Å². The van der Waals surface area contributed by atoms with E-state index in [9.17, 15) is 9.59 Å². The van der Waals surface area contributed by atoms with Crippen LogP contribution in [0.4, 0.5) is 5.69 Å². The van der Waals surface area contributed by atoms with Gasteiger partial charge in [-0.15, -0.1) is 0 Å². The molecule has 0 bridgehead atoms.